The van der Waals surface area contributed by atoms with Crippen LogP contribution in [0.15, 0.2) is 6.20 Å². The fraction of sp³-hybridized carbons (Fsp3) is 0.583. The van der Waals surface area contributed by atoms with Gasteiger partial charge in [-0.2, -0.15) is 4.98 Å². The normalized spacial score (nSPS) is 19.0. The minimum atomic E-state index is 0.162. The van der Waals surface area contributed by atoms with Crippen molar-refractivity contribution < 1.29 is 4.79 Å². The van der Waals surface area contributed by atoms with Crippen LogP contribution in [-0.4, -0.2) is 39.9 Å². The molecule has 1 fully saturated rings. The predicted octanol–water partition coefficient (Wildman–Crippen LogP) is 2.60. The molecule has 1 unspecified atom stereocenters. The lowest BCUT2D eigenvalue weighted by molar-refractivity contribution is -0.128. The van der Waals surface area contributed by atoms with E-state index in [0.717, 1.165) is 19.4 Å². The summed E-state index contributed by atoms with van der Waals surface area (Å²) in [7, 11) is 0. The molecule has 2 rings (SSSR count). The molecule has 1 aromatic heterocycles. The number of rotatable bonds is 5. The Bertz CT molecular complexity index is 469. The summed E-state index contributed by atoms with van der Waals surface area (Å²) >= 11 is 11.6. The van der Waals surface area contributed by atoms with E-state index in [9.17, 15) is 4.79 Å². The molecule has 1 aliphatic heterocycles. The lowest BCUT2D eigenvalue weighted by Crippen LogP contribution is -2.32. The summed E-state index contributed by atoms with van der Waals surface area (Å²) in [5.41, 5.74) is 0. The Morgan fingerprint density at radius 2 is 2.32 bits per heavy atom. The van der Waals surface area contributed by atoms with Crippen LogP contribution in [0, 0.1) is 0 Å². The topological polar surface area (TPSA) is 58.1 Å². The molecule has 5 nitrogen and oxygen atoms in total. The number of amides is 1. The smallest absolute Gasteiger partial charge is 0.224 e. The van der Waals surface area contributed by atoms with Crippen molar-refractivity contribution in [2.45, 2.75) is 32.2 Å². The van der Waals surface area contributed by atoms with Gasteiger partial charge in [-0.25, -0.2) is 4.98 Å². The molecule has 1 saturated heterocycles. The van der Waals surface area contributed by atoms with Crippen LogP contribution >= 0.6 is 23.2 Å². The summed E-state index contributed by atoms with van der Waals surface area (Å²) in [4.78, 5) is 21.3. The van der Waals surface area contributed by atoms with Crippen molar-refractivity contribution in [3.63, 3.8) is 0 Å². The summed E-state index contributed by atoms with van der Waals surface area (Å²) < 4.78 is 0. The minimum absolute atomic E-state index is 0.162. The average molecular weight is 303 g/mol. The molecule has 1 aliphatic rings. The molecule has 0 spiro atoms. The summed E-state index contributed by atoms with van der Waals surface area (Å²) in [5.74, 6) is 0.776. The number of nitrogens with one attached hydrogen (secondary N) is 1. The van der Waals surface area contributed by atoms with Gasteiger partial charge in [0.2, 0.25) is 11.2 Å². The summed E-state index contributed by atoms with van der Waals surface area (Å²) in [6.07, 6.45) is 3.93. The molecule has 1 atom stereocenters. The molecule has 2 heterocycles. The molecule has 0 aliphatic carbocycles. The molecule has 0 saturated carbocycles. The van der Waals surface area contributed by atoms with Crippen LogP contribution in [0.2, 0.25) is 10.3 Å². The lowest BCUT2D eigenvalue weighted by Gasteiger charge is -2.21. The molecule has 19 heavy (non-hydrogen) atoms. The van der Waals surface area contributed by atoms with Gasteiger partial charge in [0.1, 0.15) is 10.8 Å². The highest BCUT2D eigenvalue weighted by molar-refractivity contribution is 6.33. The van der Waals surface area contributed by atoms with Gasteiger partial charge in [0.05, 0.1) is 6.20 Å². The van der Waals surface area contributed by atoms with E-state index < -0.39 is 0 Å². The Kier molecular flexibility index (Phi) is 4.82. The Morgan fingerprint density at radius 3 is 3.00 bits per heavy atom. The molecule has 1 N–H and O–H groups in total. The van der Waals surface area contributed by atoms with Crippen molar-refractivity contribution in [1.82, 2.24) is 14.9 Å². The molecule has 0 radical (unpaired) electrons. The van der Waals surface area contributed by atoms with Gasteiger partial charge in [-0.1, -0.05) is 11.6 Å². The second kappa shape index (κ2) is 6.39. The Labute approximate surface area is 122 Å². The monoisotopic (exact) mass is 302 g/mol. The highest BCUT2D eigenvalue weighted by Gasteiger charge is 2.26. The molecule has 104 valence electrons. The van der Waals surface area contributed by atoms with E-state index in [0.29, 0.717) is 29.8 Å². The maximum Gasteiger partial charge on any atom is 0.224 e. The van der Waals surface area contributed by atoms with E-state index in [1.54, 1.807) is 0 Å². The first-order chi connectivity index (χ1) is 9.08. The largest absolute Gasteiger partial charge is 0.369 e. The first kappa shape index (κ1) is 14.3. The number of carbonyl (C=O) groups is 1. The quantitative estimate of drug-likeness (QED) is 0.671. The van der Waals surface area contributed by atoms with Gasteiger partial charge in [-0.15, -0.1) is 0 Å². The maximum atomic E-state index is 11.6. The van der Waals surface area contributed by atoms with E-state index in [2.05, 4.69) is 22.2 Å². The second-order valence-corrected chi connectivity index (χ2v) is 5.34. The number of aromatic nitrogens is 2. The number of nitrogens with zero attached hydrogens (tertiary/aromatic N) is 3. The predicted molar refractivity (Wildman–Crippen MR) is 75.6 cm³/mol. The van der Waals surface area contributed by atoms with E-state index in [4.69, 9.17) is 23.2 Å². The fourth-order valence-corrected chi connectivity index (χ4v) is 2.44. The molecule has 0 aromatic carbocycles. The Hall–Kier alpha value is -1.07. The summed E-state index contributed by atoms with van der Waals surface area (Å²) in [6.45, 7) is 3.52. The van der Waals surface area contributed by atoms with Gasteiger partial charge in [-0.3, -0.25) is 4.79 Å². The molecule has 1 aromatic rings. The van der Waals surface area contributed by atoms with E-state index >= 15 is 0 Å². The maximum absolute atomic E-state index is 11.6. The zero-order chi connectivity index (χ0) is 13.8. The second-order valence-electron chi connectivity index (χ2n) is 4.59. The van der Waals surface area contributed by atoms with Crippen LogP contribution in [-0.2, 0) is 4.79 Å². The molecule has 0 bridgehead atoms. The summed E-state index contributed by atoms with van der Waals surface area (Å²) in [6, 6.07) is 0.351. The highest BCUT2D eigenvalue weighted by atomic mass is 35.5. The van der Waals surface area contributed by atoms with Crippen molar-refractivity contribution in [3.05, 3.63) is 16.5 Å². The van der Waals surface area contributed by atoms with Crippen LogP contribution in [0.25, 0.3) is 0 Å². The lowest BCUT2D eigenvalue weighted by atomic mass is 10.2. The van der Waals surface area contributed by atoms with Crippen molar-refractivity contribution in [1.29, 1.82) is 0 Å². The van der Waals surface area contributed by atoms with Gasteiger partial charge in [0.25, 0.3) is 0 Å². The third-order valence-corrected chi connectivity index (χ3v) is 3.67. The van der Waals surface area contributed by atoms with E-state index in [1.807, 2.05) is 4.90 Å². The van der Waals surface area contributed by atoms with E-state index in [-0.39, 0.29) is 11.2 Å². The van der Waals surface area contributed by atoms with Gasteiger partial charge in [0, 0.05) is 25.6 Å². The molecule has 1 amide bonds. The van der Waals surface area contributed by atoms with Gasteiger partial charge >= 0.3 is 0 Å². The van der Waals surface area contributed by atoms with Crippen molar-refractivity contribution >= 4 is 34.9 Å². The number of hydrogen-bond acceptors (Lipinski definition) is 4. The Morgan fingerprint density at radius 1 is 1.53 bits per heavy atom. The van der Waals surface area contributed by atoms with Gasteiger partial charge < -0.3 is 10.2 Å². The highest BCUT2D eigenvalue weighted by Crippen LogP contribution is 2.20. The van der Waals surface area contributed by atoms with Crippen LogP contribution in [0.4, 0.5) is 5.82 Å². The number of anilines is 1. The standard InChI is InChI=1S/C12H16Cl2N4O/c1-8-3-4-10(19)18(8)6-2-5-15-11-9(13)7-16-12(14)17-11/h7-8H,2-6H2,1H3,(H,15,16,17). The van der Waals surface area contributed by atoms with Crippen molar-refractivity contribution in [2.75, 3.05) is 18.4 Å². The molecular weight excluding hydrogens is 287 g/mol. The number of hydrogen-bond donors (Lipinski definition) is 1. The van der Waals surface area contributed by atoms with Crippen LogP contribution < -0.4 is 5.32 Å². The Balaban J connectivity index is 1.78. The van der Waals surface area contributed by atoms with Crippen LogP contribution in [0.3, 0.4) is 0 Å². The zero-order valence-corrected chi connectivity index (χ0v) is 12.2. The van der Waals surface area contributed by atoms with E-state index in [1.165, 1.54) is 6.20 Å². The van der Waals surface area contributed by atoms with Crippen molar-refractivity contribution in [3.8, 4) is 0 Å². The molecular formula is C12H16Cl2N4O. The number of likely N-dealkylation sites (tertiary alicyclic amines) is 1. The van der Waals surface area contributed by atoms with Crippen LogP contribution in [0.1, 0.15) is 26.2 Å². The SMILES string of the molecule is CC1CCC(=O)N1CCCNc1nc(Cl)ncc1Cl. The minimum Gasteiger partial charge on any atom is -0.369 e. The van der Waals surface area contributed by atoms with Crippen LogP contribution in [0.5, 0.6) is 0 Å². The molecule has 7 heteroatoms. The number of carbonyl (C=O) groups excluding carboxylic acids is 1. The third kappa shape index (κ3) is 3.70. The number of halogens is 2. The van der Waals surface area contributed by atoms with Gasteiger partial charge in [0.15, 0.2) is 0 Å². The first-order valence-corrected chi connectivity index (χ1v) is 7.05. The van der Waals surface area contributed by atoms with Gasteiger partial charge in [-0.05, 0) is 31.4 Å². The summed E-state index contributed by atoms with van der Waals surface area (Å²) in [5, 5.41) is 3.70. The zero-order valence-electron chi connectivity index (χ0n) is 10.7. The third-order valence-electron chi connectivity index (χ3n) is 3.21. The average Bonchev–Trinajstić information content (AvgIpc) is 2.69. The fourth-order valence-electron chi connectivity index (χ4n) is 2.15. The van der Waals surface area contributed by atoms with Crippen molar-refractivity contribution in [2.24, 2.45) is 0 Å². The first-order valence-electron chi connectivity index (χ1n) is 6.29.